The molecule has 108 valence electrons. The highest BCUT2D eigenvalue weighted by molar-refractivity contribution is 5.88. The number of aliphatic hydroxyl groups excluding tert-OH is 1. The first-order valence-corrected chi connectivity index (χ1v) is 5.93. The monoisotopic (exact) mass is 273 g/mol. The largest absolute Gasteiger partial charge is 0.480 e. The number of aliphatic hydroxyl groups is 1. The molecule has 0 saturated carbocycles. The van der Waals surface area contributed by atoms with E-state index in [0.717, 1.165) is 4.90 Å². The van der Waals surface area contributed by atoms with Crippen molar-refractivity contribution >= 4 is 17.9 Å². The molecule has 0 radical (unpaired) electrons. The number of nitrogens with zero attached hydrogens (tertiary/aromatic N) is 2. The normalized spacial score (nSPS) is 23.9. The first-order chi connectivity index (χ1) is 8.73. The second kappa shape index (κ2) is 5.87. The van der Waals surface area contributed by atoms with Crippen molar-refractivity contribution < 1.29 is 24.6 Å². The van der Waals surface area contributed by atoms with Gasteiger partial charge >= 0.3 is 12.0 Å². The Bertz CT molecular complexity index is 385. The van der Waals surface area contributed by atoms with Crippen LogP contribution < -0.4 is 5.32 Å². The van der Waals surface area contributed by atoms with Crippen LogP contribution in [0.2, 0.25) is 0 Å². The first kappa shape index (κ1) is 15.2. The fraction of sp³-hybridized carbons (Fsp3) is 0.727. The Hall–Kier alpha value is -1.83. The van der Waals surface area contributed by atoms with Gasteiger partial charge in [-0.25, -0.2) is 9.59 Å². The number of aliphatic carboxylic acids is 1. The third kappa shape index (κ3) is 3.57. The summed E-state index contributed by atoms with van der Waals surface area (Å²) in [6.45, 7) is 1.47. The van der Waals surface area contributed by atoms with E-state index in [2.05, 4.69) is 5.32 Å². The summed E-state index contributed by atoms with van der Waals surface area (Å²) in [6.07, 6.45) is -0.856. The number of carbonyl (C=O) groups is 3. The van der Waals surface area contributed by atoms with Crippen LogP contribution in [0.5, 0.6) is 0 Å². The molecular weight excluding hydrogens is 254 g/mol. The number of likely N-dealkylation sites (N-methyl/N-ethyl adjacent to an activating group) is 1. The van der Waals surface area contributed by atoms with Gasteiger partial charge in [-0.15, -0.1) is 0 Å². The molecule has 0 bridgehead atoms. The molecule has 8 heteroatoms. The standard InChI is InChI=1S/C11H19N3O5/c1-6(9(16)13(2)3)12-11(19)14-5-7(15)4-8(14)10(17)18/h6-8,15H,4-5H2,1-3H3,(H,12,19)(H,17,18)/t6?,7-,8-/m1/s1. The van der Waals surface area contributed by atoms with Gasteiger partial charge in [0, 0.05) is 27.1 Å². The second-order valence-corrected chi connectivity index (χ2v) is 4.80. The third-order valence-electron chi connectivity index (χ3n) is 2.98. The number of nitrogens with one attached hydrogen (secondary N) is 1. The number of amides is 3. The molecule has 1 unspecified atom stereocenters. The average molecular weight is 273 g/mol. The van der Waals surface area contributed by atoms with Crippen LogP contribution in [-0.2, 0) is 9.59 Å². The molecule has 1 fully saturated rings. The van der Waals surface area contributed by atoms with E-state index in [9.17, 15) is 19.5 Å². The van der Waals surface area contributed by atoms with Crippen LogP contribution in [-0.4, -0.2) is 76.7 Å². The summed E-state index contributed by atoms with van der Waals surface area (Å²) < 4.78 is 0. The van der Waals surface area contributed by atoms with Gasteiger partial charge in [0.15, 0.2) is 0 Å². The third-order valence-corrected chi connectivity index (χ3v) is 2.98. The molecule has 0 aromatic carbocycles. The molecule has 8 nitrogen and oxygen atoms in total. The first-order valence-electron chi connectivity index (χ1n) is 5.93. The molecule has 19 heavy (non-hydrogen) atoms. The zero-order valence-corrected chi connectivity index (χ0v) is 11.2. The molecule has 3 atom stereocenters. The van der Waals surface area contributed by atoms with Crippen LogP contribution in [0.1, 0.15) is 13.3 Å². The maximum absolute atomic E-state index is 11.9. The van der Waals surface area contributed by atoms with E-state index >= 15 is 0 Å². The number of rotatable bonds is 3. The van der Waals surface area contributed by atoms with Crippen LogP contribution in [0.15, 0.2) is 0 Å². The quantitative estimate of drug-likeness (QED) is 0.591. The average Bonchev–Trinajstić information content (AvgIpc) is 2.70. The minimum Gasteiger partial charge on any atom is -0.480 e. The van der Waals surface area contributed by atoms with Crippen molar-refractivity contribution in [2.24, 2.45) is 0 Å². The topological polar surface area (TPSA) is 110 Å². The van der Waals surface area contributed by atoms with Gasteiger partial charge in [0.05, 0.1) is 6.10 Å². The minimum atomic E-state index is -1.17. The molecule has 1 aliphatic rings. The Morgan fingerprint density at radius 2 is 1.95 bits per heavy atom. The van der Waals surface area contributed by atoms with Gasteiger partial charge in [0.2, 0.25) is 5.91 Å². The van der Waals surface area contributed by atoms with Crippen molar-refractivity contribution in [2.45, 2.75) is 31.5 Å². The van der Waals surface area contributed by atoms with Crippen LogP contribution in [0, 0.1) is 0 Å². The number of carboxylic acid groups (broad SMARTS) is 1. The predicted octanol–water partition coefficient (Wildman–Crippen LogP) is -1.31. The lowest BCUT2D eigenvalue weighted by Crippen LogP contribution is -2.52. The zero-order valence-electron chi connectivity index (χ0n) is 11.2. The summed E-state index contributed by atoms with van der Waals surface area (Å²) >= 11 is 0. The number of hydrogen-bond donors (Lipinski definition) is 3. The Morgan fingerprint density at radius 1 is 1.37 bits per heavy atom. The lowest BCUT2D eigenvalue weighted by Gasteiger charge is -2.25. The van der Waals surface area contributed by atoms with Crippen molar-refractivity contribution in [3.8, 4) is 0 Å². The number of urea groups is 1. The molecule has 0 aliphatic carbocycles. The molecule has 1 heterocycles. The number of likely N-dealkylation sites (tertiary alicyclic amines) is 1. The molecule has 0 spiro atoms. The van der Waals surface area contributed by atoms with Crippen molar-refractivity contribution in [2.75, 3.05) is 20.6 Å². The SMILES string of the molecule is CC(NC(=O)N1C[C@H](O)C[C@@H]1C(=O)O)C(=O)N(C)C. The summed E-state index contributed by atoms with van der Waals surface area (Å²) in [5, 5.41) is 20.8. The van der Waals surface area contributed by atoms with Crippen LogP contribution in [0.25, 0.3) is 0 Å². The minimum absolute atomic E-state index is 0.00123. The van der Waals surface area contributed by atoms with Crippen molar-refractivity contribution in [1.82, 2.24) is 15.1 Å². The maximum atomic E-state index is 11.9. The maximum Gasteiger partial charge on any atom is 0.326 e. The van der Waals surface area contributed by atoms with E-state index in [1.165, 1.54) is 11.8 Å². The fourth-order valence-electron chi connectivity index (χ4n) is 1.99. The van der Waals surface area contributed by atoms with E-state index < -0.39 is 30.2 Å². The van der Waals surface area contributed by atoms with Gasteiger partial charge in [0.25, 0.3) is 0 Å². The van der Waals surface area contributed by atoms with Crippen LogP contribution >= 0.6 is 0 Å². The van der Waals surface area contributed by atoms with E-state index in [4.69, 9.17) is 5.11 Å². The lowest BCUT2D eigenvalue weighted by atomic mass is 10.2. The summed E-state index contributed by atoms with van der Waals surface area (Å²) in [6, 6.07) is -2.47. The van der Waals surface area contributed by atoms with Crippen molar-refractivity contribution in [3.05, 3.63) is 0 Å². The predicted molar refractivity (Wildman–Crippen MR) is 65.4 cm³/mol. The number of carboxylic acids is 1. The van der Waals surface area contributed by atoms with Gasteiger partial charge in [-0.05, 0) is 6.92 Å². The van der Waals surface area contributed by atoms with Gasteiger partial charge in [-0.1, -0.05) is 0 Å². The number of carbonyl (C=O) groups excluding carboxylic acids is 2. The highest BCUT2D eigenvalue weighted by atomic mass is 16.4. The lowest BCUT2D eigenvalue weighted by molar-refractivity contribution is -0.141. The highest BCUT2D eigenvalue weighted by Crippen LogP contribution is 2.18. The molecule has 1 aliphatic heterocycles. The van der Waals surface area contributed by atoms with Gasteiger partial charge < -0.3 is 25.3 Å². The molecule has 1 saturated heterocycles. The summed E-state index contributed by atoms with van der Waals surface area (Å²) in [7, 11) is 3.12. The molecule has 3 amide bonds. The Labute approximate surface area is 111 Å². The Kier molecular flexibility index (Phi) is 4.71. The van der Waals surface area contributed by atoms with E-state index in [0.29, 0.717) is 0 Å². The van der Waals surface area contributed by atoms with Gasteiger partial charge in [-0.2, -0.15) is 0 Å². The molecule has 0 aromatic rings. The van der Waals surface area contributed by atoms with Gasteiger partial charge in [0.1, 0.15) is 12.1 Å². The summed E-state index contributed by atoms with van der Waals surface area (Å²) in [5.74, 6) is -1.46. The van der Waals surface area contributed by atoms with Crippen molar-refractivity contribution in [3.63, 3.8) is 0 Å². The zero-order chi connectivity index (χ0) is 14.7. The Morgan fingerprint density at radius 3 is 2.42 bits per heavy atom. The van der Waals surface area contributed by atoms with E-state index in [-0.39, 0.29) is 18.9 Å². The van der Waals surface area contributed by atoms with E-state index in [1.54, 1.807) is 14.1 Å². The Balaban J connectivity index is 2.67. The van der Waals surface area contributed by atoms with E-state index in [1.807, 2.05) is 0 Å². The fourth-order valence-corrected chi connectivity index (χ4v) is 1.99. The second-order valence-electron chi connectivity index (χ2n) is 4.80. The number of hydrogen-bond acceptors (Lipinski definition) is 4. The molecule has 1 rings (SSSR count). The molecule has 0 aromatic heterocycles. The molecular formula is C11H19N3O5. The number of β-amino-alcohol motifs (C(OH)–C–C–N with tert-alkyl or cyclic N) is 1. The summed E-state index contributed by atoms with van der Waals surface area (Å²) in [5.41, 5.74) is 0. The highest BCUT2D eigenvalue weighted by Gasteiger charge is 2.39. The van der Waals surface area contributed by atoms with Crippen LogP contribution in [0.4, 0.5) is 4.79 Å². The molecule has 3 N–H and O–H groups in total. The summed E-state index contributed by atoms with van der Waals surface area (Å²) in [4.78, 5) is 36.9. The smallest absolute Gasteiger partial charge is 0.326 e. The van der Waals surface area contributed by atoms with Gasteiger partial charge in [-0.3, -0.25) is 4.79 Å². The van der Waals surface area contributed by atoms with Crippen LogP contribution in [0.3, 0.4) is 0 Å². The van der Waals surface area contributed by atoms with Crippen molar-refractivity contribution in [1.29, 1.82) is 0 Å².